The summed E-state index contributed by atoms with van der Waals surface area (Å²) < 4.78 is 13.8. The smallest absolute Gasteiger partial charge is 0.130 e. The van der Waals surface area contributed by atoms with Gasteiger partial charge in [0.25, 0.3) is 0 Å². The van der Waals surface area contributed by atoms with Crippen LogP contribution in [0.3, 0.4) is 0 Å². The molecular formula is C17H13ClFN. The van der Waals surface area contributed by atoms with Crippen molar-refractivity contribution in [3.63, 3.8) is 0 Å². The Balaban J connectivity index is 2.10. The number of rotatable bonds is 2. The Labute approximate surface area is 122 Å². The number of halogens is 2. The van der Waals surface area contributed by atoms with Crippen molar-refractivity contribution in [1.29, 1.82) is 0 Å². The predicted octanol–water partition coefficient (Wildman–Crippen LogP) is 5.00. The zero-order chi connectivity index (χ0) is 14.1. The molecule has 0 unspecified atom stereocenters. The SMILES string of the molecule is C/C=C\c1cnc(Cl)cc1C1=Cc2c(F)cccc2C1. The van der Waals surface area contributed by atoms with Crippen LogP contribution in [-0.4, -0.2) is 4.98 Å². The van der Waals surface area contributed by atoms with E-state index in [0.717, 1.165) is 28.7 Å². The zero-order valence-corrected chi connectivity index (χ0v) is 11.8. The summed E-state index contributed by atoms with van der Waals surface area (Å²) in [5.74, 6) is -0.176. The summed E-state index contributed by atoms with van der Waals surface area (Å²) in [5, 5.41) is 0.450. The van der Waals surface area contributed by atoms with E-state index in [-0.39, 0.29) is 5.82 Å². The molecule has 1 aromatic carbocycles. The normalized spacial score (nSPS) is 13.7. The van der Waals surface area contributed by atoms with Crippen LogP contribution >= 0.6 is 11.6 Å². The van der Waals surface area contributed by atoms with Crippen LogP contribution in [0.25, 0.3) is 17.7 Å². The Morgan fingerprint density at radius 2 is 2.20 bits per heavy atom. The predicted molar refractivity (Wildman–Crippen MR) is 81.9 cm³/mol. The van der Waals surface area contributed by atoms with Crippen molar-refractivity contribution in [2.45, 2.75) is 13.3 Å². The zero-order valence-electron chi connectivity index (χ0n) is 11.0. The third-order valence-corrected chi connectivity index (χ3v) is 3.64. The first kappa shape index (κ1) is 13.1. The van der Waals surface area contributed by atoms with Crippen LogP contribution in [0.4, 0.5) is 4.39 Å². The fourth-order valence-corrected chi connectivity index (χ4v) is 2.69. The van der Waals surface area contributed by atoms with Gasteiger partial charge in [-0.2, -0.15) is 0 Å². The van der Waals surface area contributed by atoms with Crippen LogP contribution in [0.1, 0.15) is 29.2 Å². The van der Waals surface area contributed by atoms with E-state index in [1.54, 1.807) is 12.3 Å². The molecule has 3 heteroatoms. The molecule has 0 aliphatic heterocycles. The molecule has 0 radical (unpaired) electrons. The van der Waals surface area contributed by atoms with Gasteiger partial charge in [-0.15, -0.1) is 0 Å². The second kappa shape index (κ2) is 5.22. The third kappa shape index (κ3) is 2.27. The Morgan fingerprint density at radius 1 is 1.35 bits per heavy atom. The number of fused-ring (bicyclic) bond motifs is 1. The highest BCUT2D eigenvalue weighted by molar-refractivity contribution is 6.29. The highest BCUT2D eigenvalue weighted by atomic mass is 35.5. The van der Waals surface area contributed by atoms with Crippen LogP contribution in [0, 0.1) is 5.82 Å². The lowest BCUT2D eigenvalue weighted by Gasteiger charge is -2.07. The third-order valence-electron chi connectivity index (χ3n) is 3.44. The number of allylic oxidation sites excluding steroid dienone is 2. The maximum Gasteiger partial charge on any atom is 0.130 e. The first-order chi connectivity index (χ1) is 9.69. The minimum Gasteiger partial charge on any atom is -0.244 e. The summed E-state index contributed by atoms with van der Waals surface area (Å²) in [6.45, 7) is 1.95. The van der Waals surface area contributed by atoms with E-state index in [1.807, 2.05) is 37.3 Å². The van der Waals surface area contributed by atoms with Crippen molar-refractivity contribution in [2.24, 2.45) is 0 Å². The van der Waals surface area contributed by atoms with Gasteiger partial charge in [-0.3, -0.25) is 0 Å². The number of hydrogen-bond acceptors (Lipinski definition) is 1. The largest absolute Gasteiger partial charge is 0.244 e. The molecule has 3 rings (SSSR count). The van der Waals surface area contributed by atoms with E-state index >= 15 is 0 Å². The van der Waals surface area contributed by atoms with Gasteiger partial charge in [0.15, 0.2) is 0 Å². The standard InChI is InChI=1S/C17H13ClFN/c1-2-4-12-10-20-17(18)9-14(12)13-7-11-5-3-6-16(19)15(11)8-13/h2-6,8-10H,7H2,1H3/b4-2-. The van der Waals surface area contributed by atoms with Gasteiger partial charge in [-0.05, 0) is 48.3 Å². The van der Waals surface area contributed by atoms with Crippen LogP contribution in [0.2, 0.25) is 5.15 Å². The molecular weight excluding hydrogens is 273 g/mol. The fourth-order valence-electron chi connectivity index (χ4n) is 2.53. The first-order valence-corrected chi connectivity index (χ1v) is 6.83. The summed E-state index contributed by atoms with van der Waals surface area (Å²) in [6.07, 6.45) is 8.32. The van der Waals surface area contributed by atoms with Gasteiger partial charge in [0, 0.05) is 17.3 Å². The molecule has 2 aromatic rings. The van der Waals surface area contributed by atoms with Gasteiger partial charge in [0.2, 0.25) is 0 Å². The minimum absolute atomic E-state index is 0.176. The second-order valence-corrected chi connectivity index (χ2v) is 5.14. The molecule has 0 fully saturated rings. The van der Waals surface area contributed by atoms with Crippen molar-refractivity contribution >= 4 is 29.3 Å². The molecule has 0 saturated heterocycles. The molecule has 0 spiro atoms. The highest BCUT2D eigenvalue weighted by Crippen LogP contribution is 2.35. The molecule has 0 amide bonds. The van der Waals surface area contributed by atoms with Crippen molar-refractivity contribution in [3.05, 3.63) is 69.8 Å². The molecule has 1 nitrogen and oxygen atoms in total. The molecule has 20 heavy (non-hydrogen) atoms. The summed E-state index contributed by atoms with van der Waals surface area (Å²) in [4.78, 5) is 4.11. The van der Waals surface area contributed by atoms with E-state index in [1.165, 1.54) is 6.07 Å². The summed E-state index contributed by atoms with van der Waals surface area (Å²) in [7, 11) is 0. The topological polar surface area (TPSA) is 12.9 Å². The van der Waals surface area contributed by atoms with E-state index in [0.29, 0.717) is 10.7 Å². The van der Waals surface area contributed by atoms with Gasteiger partial charge >= 0.3 is 0 Å². The molecule has 1 heterocycles. The van der Waals surface area contributed by atoms with E-state index < -0.39 is 0 Å². The van der Waals surface area contributed by atoms with Crippen LogP contribution in [-0.2, 0) is 6.42 Å². The second-order valence-electron chi connectivity index (χ2n) is 4.75. The van der Waals surface area contributed by atoms with Gasteiger partial charge in [-0.1, -0.05) is 35.9 Å². The molecule has 100 valence electrons. The lowest BCUT2D eigenvalue weighted by atomic mass is 10.00. The maximum absolute atomic E-state index is 13.8. The van der Waals surface area contributed by atoms with Crippen LogP contribution < -0.4 is 0 Å². The summed E-state index contributed by atoms with van der Waals surface area (Å²) >= 11 is 6.00. The lowest BCUT2D eigenvalue weighted by Crippen LogP contribution is -1.92. The van der Waals surface area contributed by atoms with E-state index in [4.69, 9.17) is 11.6 Å². The highest BCUT2D eigenvalue weighted by Gasteiger charge is 2.18. The number of nitrogens with zero attached hydrogens (tertiary/aromatic N) is 1. The molecule has 0 bridgehead atoms. The number of hydrogen-bond donors (Lipinski definition) is 0. The fraction of sp³-hybridized carbons (Fsp3) is 0.118. The summed E-state index contributed by atoms with van der Waals surface area (Å²) in [6, 6.07) is 7.04. The van der Waals surface area contributed by atoms with Crippen LogP contribution in [0.5, 0.6) is 0 Å². The lowest BCUT2D eigenvalue weighted by molar-refractivity contribution is 0.624. The quantitative estimate of drug-likeness (QED) is 0.707. The molecule has 1 aromatic heterocycles. The molecule has 1 aliphatic carbocycles. The van der Waals surface area contributed by atoms with Gasteiger partial charge < -0.3 is 0 Å². The Bertz CT molecular complexity index is 732. The van der Waals surface area contributed by atoms with E-state index in [2.05, 4.69) is 4.98 Å². The average Bonchev–Trinajstić information content (AvgIpc) is 2.86. The average molecular weight is 286 g/mol. The Kier molecular flexibility index (Phi) is 3.41. The maximum atomic E-state index is 13.8. The first-order valence-electron chi connectivity index (χ1n) is 6.45. The van der Waals surface area contributed by atoms with Gasteiger partial charge in [0.1, 0.15) is 11.0 Å². The van der Waals surface area contributed by atoms with Crippen LogP contribution in [0.15, 0.2) is 36.5 Å². The van der Waals surface area contributed by atoms with Crippen molar-refractivity contribution in [1.82, 2.24) is 4.98 Å². The van der Waals surface area contributed by atoms with Gasteiger partial charge in [-0.25, -0.2) is 9.37 Å². The molecule has 0 atom stereocenters. The Hall–Kier alpha value is -1.93. The van der Waals surface area contributed by atoms with Crippen molar-refractivity contribution in [2.75, 3.05) is 0 Å². The molecule has 0 saturated carbocycles. The van der Waals surface area contributed by atoms with E-state index in [9.17, 15) is 4.39 Å². The number of aromatic nitrogens is 1. The minimum atomic E-state index is -0.176. The van der Waals surface area contributed by atoms with Crippen molar-refractivity contribution in [3.8, 4) is 0 Å². The molecule has 0 N–H and O–H groups in total. The Morgan fingerprint density at radius 3 is 2.95 bits per heavy atom. The number of pyridine rings is 1. The molecule has 1 aliphatic rings. The monoisotopic (exact) mass is 285 g/mol. The van der Waals surface area contributed by atoms with Crippen molar-refractivity contribution < 1.29 is 4.39 Å². The summed E-state index contributed by atoms with van der Waals surface area (Å²) in [5.41, 5.74) is 4.78. The van der Waals surface area contributed by atoms with Gasteiger partial charge in [0.05, 0.1) is 0 Å². The number of benzene rings is 1.